The summed E-state index contributed by atoms with van der Waals surface area (Å²) in [6.07, 6.45) is 29.2. The number of hydrogen-bond donors (Lipinski definition) is 2. The monoisotopic (exact) mass is 594 g/mol. The fraction of sp³-hybridized carbons (Fsp3) is 1.00. The summed E-state index contributed by atoms with van der Waals surface area (Å²) in [6, 6.07) is 0. The molecule has 0 aromatic heterocycles. The lowest BCUT2D eigenvalue weighted by molar-refractivity contribution is -0.870. The van der Waals surface area contributed by atoms with E-state index >= 15 is 0 Å². The highest BCUT2D eigenvalue weighted by Gasteiger charge is 2.24. The molecule has 0 spiro atoms. The Morgan fingerprint density at radius 2 is 0.950 bits per heavy atom. The minimum Gasteiger partial charge on any atom is -0.388 e. The van der Waals surface area contributed by atoms with Gasteiger partial charge in [-0.15, -0.1) is 0 Å². The summed E-state index contributed by atoms with van der Waals surface area (Å²) >= 11 is 0. The fourth-order valence-electron chi connectivity index (χ4n) is 4.73. The van der Waals surface area contributed by atoms with E-state index < -0.39 is 13.9 Å². The molecule has 0 bridgehead atoms. The highest BCUT2D eigenvalue weighted by molar-refractivity contribution is 7.47. The zero-order valence-electron chi connectivity index (χ0n) is 27.1. The van der Waals surface area contributed by atoms with Crippen LogP contribution in [0.4, 0.5) is 0 Å². The Kier molecular flexibility index (Phi) is 27.8. The van der Waals surface area contributed by atoms with Gasteiger partial charge in [0.15, 0.2) is 0 Å². The van der Waals surface area contributed by atoms with Gasteiger partial charge in [-0.2, -0.15) is 0 Å². The predicted molar refractivity (Wildman–Crippen MR) is 169 cm³/mol. The molecule has 0 rings (SSSR count). The molecule has 0 aliphatic rings. The summed E-state index contributed by atoms with van der Waals surface area (Å²) < 4.78 is 27.7. The molecule has 8 heteroatoms. The number of aliphatic hydroxyl groups is 1. The maximum Gasteiger partial charge on any atom is 0.472 e. The normalized spacial score (nSPS) is 14.4. The Hall–Kier alpha value is -0.0100. The van der Waals surface area contributed by atoms with E-state index in [4.69, 9.17) is 13.8 Å². The van der Waals surface area contributed by atoms with E-state index in [1.807, 2.05) is 21.1 Å². The Morgan fingerprint density at radius 1 is 0.575 bits per heavy atom. The third-order valence-electron chi connectivity index (χ3n) is 7.40. The van der Waals surface area contributed by atoms with Gasteiger partial charge in [0.25, 0.3) is 0 Å². The van der Waals surface area contributed by atoms with Crippen LogP contribution in [0.5, 0.6) is 0 Å². The van der Waals surface area contributed by atoms with Gasteiger partial charge in [0.05, 0.1) is 34.4 Å². The standard InChI is InChI=1S/C32H68NO6P/c1-5-6-7-8-9-10-11-12-13-14-15-16-17-18-19-20-21-22-23-24-25-26-28-37-30-32(34)31-39-40(35,36)38-29-27-33(2,3)4/h32,34H,5-31H2,1-4H3/p+1/t32-/m0/s1. The van der Waals surface area contributed by atoms with Crippen molar-refractivity contribution < 1.29 is 32.8 Å². The summed E-state index contributed by atoms with van der Waals surface area (Å²) in [5.41, 5.74) is 0. The van der Waals surface area contributed by atoms with Crippen LogP contribution in [0, 0.1) is 0 Å². The number of phosphoric acid groups is 1. The van der Waals surface area contributed by atoms with Crippen molar-refractivity contribution in [2.45, 2.75) is 154 Å². The van der Waals surface area contributed by atoms with Gasteiger partial charge in [0.2, 0.25) is 0 Å². The maximum atomic E-state index is 11.8. The molecule has 0 heterocycles. The van der Waals surface area contributed by atoms with Gasteiger partial charge in [-0.05, 0) is 6.42 Å². The lowest BCUT2D eigenvalue weighted by atomic mass is 10.0. The number of phosphoric ester groups is 1. The van der Waals surface area contributed by atoms with Gasteiger partial charge in [-0.3, -0.25) is 9.05 Å². The van der Waals surface area contributed by atoms with Gasteiger partial charge in [0, 0.05) is 6.61 Å². The molecular weight excluding hydrogens is 525 g/mol. The number of ether oxygens (including phenoxy) is 1. The second kappa shape index (κ2) is 27.8. The lowest BCUT2D eigenvalue weighted by Crippen LogP contribution is -2.37. The van der Waals surface area contributed by atoms with Gasteiger partial charge in [-0.25, -0.2) is 4.57 Å². The van der Waals surface area contributed by atoms with Crippen molar-refractivity contribution in [3.05, 3.63) is 0 Å². The zero-order chi connectivity index (χ0) is 29.8. The van der Waals surface area contributed by atoms with Gasteiger partial charge < -0.3 is 19.2 Å². The van der Waals surface area contributed by atoms with Crippen molar-refractivity contribution in [2.75, 3.05) is 54.1 Å². The Labute approximate surface area is 249 Å². The predicted octanol–water partition coefficient (Wildman–Crippen LogP) is 8.81. The molecule has 0 radical (unpaired) electrons. The summed E-state index contributed by atoms with van der Waals surface area (Å²) in [5, 5.41) is 9.90. The molecule has 1 unspecified atom stereocenters. The Balaban J connectivity index is 3.29. The molecule has 40 heavy (non-hydrogen) atoms. The van der Waals surface area contributed by atoms with Crippen LogP contribution >= 0.6 is 7.82 Å². The molecule has 0 aromatic rings. The van der Waals surface area contributed by atoms with Crippen molar-refractivity contribution in [2.24, 2.45) is 0 Å². The molecule has 0 fully saturated rings. The molecule has 0 aliphatic carbocycles. The molecular formula is C32H69NO6P+. The van der Waals surface area contributed by atoms with Crippen LogP contribution in [0.25, 0.3) is 0 Å². The number of quaternary nitrogens is 1. The number of hydrogen-bond acceptors (Lipinski definition) is 5. The Morgan fingerprint density at radius 3 is 1.32 bits per heavy atom. The molecule has 0 saturated heterocycles. The fourth-order valence-corrected chi connectivity index (χ4v) is 5.48. The molecule has 0 saturated carbocycles. The Bertz CT molecular complexity index is 572. The number of aliphatic hydroxyl groups excluding tert-OH is 1. The SMILES string of the molecule is CCCCCCCCCCCCCCCCCCCCCCCCOC[C@H](O)COP(=O)(O)OCC[N+](C)(C)C. The molecule has 0 aliphatic heterocycles. The van der Waals surface area contributed by atoms with E-state index in [1.54, 1.807) is 0 Å². The van der Waals surface area contributed by atoms with E-state index in [9.17, 15) is 14.6 Å². The van der Waals surface area contributed by atoms with Crippen molar-refractivity contribution in [1.82, 2.24) is 0 Å². The molecule has 0 aromatic carbocycles. The van der Waals surface area contributed by atoms with Gasteiger partial charge in [-0.1, -0.05) is 142 Å². The smallest absolute Gasteiger partial charge is 0.388 e. The van der Waals surface area contributed by atoms with Crippen LogP contribution in [-0.4, -0.2) is 74.7 Å². The van der Waals surface area contributed by atoms with Crippen molar-refractivity contribution in [3.63, 3.8) is 0 Å². The first-order valence-electron chi connectivity index (χ1n) is 16.8. The largest absolute Gasteiger partial charge is 0.472 e. The van der Waals surface area contributed by atoms with Crippen LogP contribution in [0.3, 0.4) is 0 Å². The lowest BCUT2D eigenvalue weighted by Gasteiger charge is -2.24. The number of nitrogens with zero attached hydrogens (tertiary/aromatic N) is 1. The molecule has 242 valence electrons. The van der Waals surface area contributed by atoms with Crippen LogP contribution in [0.1, 0.15) is 148 Å². The van der Waals surface area contributed by atoms with Crippen LogP contribution in [0.15, 0.2) is 0 Å². The second-order valence-corrected chi connectivity index (χ2v) is 14.2. The number of unbranched alkanes of at least 4 members (excludes halogenated alkanes) is 21. The summed E-state index contributed by atoms with van der Waals surface area (Å²) in [4.78, 5) is 9.67. The quantitative estimate of drug-likeness (QED) is 0.0460. The molecule has 2 N–H and O–H groups in total. The third kappa shape index (κ3) is 32.5. The summed E-state index contributed by atoms with van der Waals surface area (Å²) in [5.74, 6) is 0. The number of rotatable bonds is 32. The third-order valence-corrected chi connectivity index (χ3v) is 8.38. The van der Waals surface area contributed by atoms with Crippen molar-refractivity contribution >= 4 is 7.82 Å². The zero-order valence-corrected chi connectivity index (χ0v) is 28.0. The van der Waals surface area contributed by atoms with E-state index in [-0.39, 0.29) is 19.8 Å². The van der Waals surface area contributed by atoms with E-state index in [1.165, 1.54) is 128 Å². The molecule has 2 atom stereocenters. The van der Waals surface area contributed by atoms with Crippen molar-refractivity contribution in [3.8, 4) is 0 Å². The van der Waals surface area contributed by atoms with E-state index in [0.717, 1.165) is 12.8 Å². The van der Waals surface area contributed by atoms with E-state index in [0.29, 0.717) is 17.6 Å². The second-order valence-electron chi connectivity index (χ2n) is 12.8. The minimum absolute atomic E-state index is 0.0954. The van der Waals surface area contributed by atoms with Crippen LogP contribution < -0.4 is 0 Å². The van der Waals surface area contributed by atoms with Crippen LogP contribution in [-0.2, 0) is 18.3 Å². The average Bonchev–Trinajstić information content (AvgIpc) is 2.89. The molecule has 7 nitrogen and oxygen atoms in total. The topological polar surface area (TPSA) is 85.2 Å². The number of likely N-dealkylation sites (N-methyl/N-ethyl adjacent to an activating group) is 1. The van der Waals surface area contributed by atoms with Gasteiger partial charge >= 0.3 is 7.82 Å². The van der Waals surface area contributed by atoms with Crippen LogP contribution in [0.2, 0.25) is 0 Å². The maximum absolute atomic E-state index is 11.8. The van der Waals surface area contributed by atoms with E-state index in [2.05, 4.69) is 6.92 Å². The average molecular weight is 595 g/mol. The van der Waals surface area contributed by atoms with Crippen molar-refractivity contribution in [1.29, 1.82) is 0 Å². The van der Waals surface area contributed by atoms with Gasteiger partial charge in [0.1, 0.15) is 19.3 Å². The first-order valence-corrected chi connectivity index (χ1v) is 18.3. The summed E-state index contributed by atoms with van der Waals surface area (Å²) in [7, 11) is 1.76. The first kappa shape index (κ1) is 40.0. The highest BCUT2D eigenvalue weighted by atomic mass is 31.2. The minimum atomic E-state index is -4.14. The first-order chi connectivity index (χ1) is 19.2. The highest BCUT2D eigenvalue weighted by Crippen LogP contribution is 2.43. The molecule has 0 amide bonds. The summed E-state index contributed by atoms with van der Waals surface area (Å²) in [6.45, 7) is 3.39.